The molecule has 0 heterocycles. The molecule has 126 valence electrons. The van der Waals surface area contributed by atoms with E-state index >= 15 is 0 Å². The van der Waals surface area contributed by atoms with Crippen molar-refractivity contribution >= 4 is 34.7 Å². The molecule has 0 aliphatic heterocycles. The molecule has 2 N–H and O–H groups in total. The molecule has 1 aromatic carbocycles. The number of nitrogens with zero attached hydrogens (tertiary/aromatic N) is 4. The number of aromatic carboxylic acids is 2. The van der Waals surface area contributed by atoms with Crippen LogP contribution in [-0.2, 0) is 0 Å². The van der Waals surface area contributed by atoms with Gasteiger partial charge in [0, 0.05) is 0 Å². The average Bonchev–Trinajstić information content (AvgIpc) is 2.42. The molecular formula is C8H2N4O12. The summed E-state index contributed by atoms with van der Waals surface area (Å²) in [4.78, 5) is 58.9. The minimum Gasteiger partial charge on any atom is -0.477 e. The Bertz CT molecular complexity index is 644. The van der Waals surface area contributed by atoms with Crippen molar-refractivity contribution in [2.45, 2.75) is 0 Å². The van der Waals surface area contributed by atoms with Gasteiger partial charge in [-0.1, -0.05) is 0 Å². The summed E-state index contributed by atoms with van der Waals surface area (Å²) in [5, 5.41) is 61.5. The molecule has 16 nitrogen and oxygen atoms in total. The third kappa shape index (κ3) is 2.61. The van der Waals surface area contributed by atoms with Gasteiger partial charge in [0.25, 0.3) is 0 Å². The molecule has 0 aromatic heterocycles. The van der Waals surface area contributed by atoms with E-state index in [0.717, 1.165) is 0 Å². The Morgan fingerprint density at radius 2 is 0.792 bits per heavy atom. The lowest BCUT2D eigenvalue weighted by Gasteiger charge is -2.05. The van der Waals surface area contributed by atoms with Crippen molar-refractivity contribution in [3.8, 4) is 0 Å². The number of carboxylic acids is 2. The lowest BCUT2D eigenvalue weighted by molar-refractivity contribution is -0.452. The second-order valence-electron chi connectivity index (χ2n) is 3.78. The van der Waals surface area contributed by atoms with E-state index in [2.05, 4.69) is 0 Å². The van der Waals surface area contributed by atoms with Gasteiger partial charge >= 0.3 is 34.7 Å². The molecule has 0 spiro atoms. The molecule has 0 saturated carbocycles. The predicted molar refractivity (Wildman–Crippen MR) is 67.0 cm³/mol. The fourth-order valence-corrected chi connectivity index (χ4v) is 1.82. The standard InChI is InChI=1S/C8H2N4O12/c13-7(14)1-2(8(15)16)4(10(19)20)6(12(23)24)5(11(21)22)3(1)9(17)18/h(H,13,14)(H,15,16). The van der Waals surface area contributed by atoms with Gasteiger partial charge in [-0.2, -0.15) is 0 Å². The largest absolute Gasteiger partial charge is 0.477 e. The zero-order chi connectivity index (χ0) is 18.9. The number of nitro benzene ring substituents is 4. The van der Waals surface area contributed by atoms with Crippen LogP contribution in [0.4, 0.5) is 22.7 Å². The van der Waals surface area contributed by atoms with Gasteiger partial charge < -0.3 is 10.2 Å². The number of benzene rings is 1. The summed E-state index contributed by atoms with van der Waals surface area (Å²) >= 11 is 0. The molecule has 1 aromatic rings. The van der Waals surface area contributed by atoms with Crippen LogP contribution in [0.25, 0.3) is 0 Å². The fraction of sp³-hybridized carbons (Fsp3) is 0. The van der Waals surface area contributed by atoms with E-state index in [1.165, 1.54) is 0 Å². The molecule has 0 bridgehead atoms. The highest BCUT2D eigenvalue weighted by Gasteiger charge is 2.53. The molecule has 0 unspecified atom stereocenters. The van der Waals surface area contributed by atoms with Crippen LogP contribution in [0.3, 0.4) is 0 Å². The molecule has 0 amide bonds. The van der Waals surface area contributed by atoms with Crippen LogP contribution >= 0.6 is 0 Å². The van der Waals surface area contributed by atoms with Crippen LogP contribution in [-0.4, -0.2) is 41.8 Å². The minimum absolute atomic E-state index is 1.75. The molecule has 0 saturated heterocycles. The van der Waals surface area contributed by atoms with E-state index < -0.39 is 65.5 Å². The number of hydrogen-bond donors (Lipinski definition) is 2. The third-order valence-electron chi connectivity index (χ3n) is 2.55. The monoisotopic (exact) mass is 346 g/mol. The first-order chi connectivity index (χ1) is 10.9. The number of nitro groups is 4. The van der Waals surface area contributed by atoms with E-state index in [9.17, 15) is 50.0 Å². The molecule has 0 aliphatic carbocycles. The highest BCUT2D eigenvalue weighted by Crippen LogP contribution is 2.48. The van der Waals surface area contributed by atoms with E-state index in [-0.39, 0.29) is 0 Å². The summed E-state index contributed by atoms with van der Waals surface area (Å²) < 4.78 is 0. The van der Waals surface area contributed by atoms with Gasteiger partial charge in [-0.15, -0.1) is 0 Å². The molecule has 24 heavy (non-hydrogen) atoms. The van der Waals surface area contributed by atoms with E-state index in [1.54, 1.807) is 0 Å². The van der Waals surface area contributed by atoms with Crippen molar-refractivity contribution in [2.75, 3.05) is 0 Å². The van der Waals surface area contributed by atoms with Crippen molar-refractivity contribution in [1.29, 1.82) is 0 Å². The molecule has 16 heteroatoms. The first-order valence-electron chi connectivity index (χ1n) is 5.21. The van der Waals surface area contributed by atoms with E-state index in [1.807, 2.05) is 0 Å². The third-order valence-corrected chi connectivity index (χ3v) is 2.55. The van der Waals surface area contributed by atoms with Crippen molar-refractivity contribution in [3.05, 3.63) is 51.6 Å². The first kappa shape index (κ1) is 17.8. The molecule has 0 atom stereocenters. The highest BCUT2D eigenvalue weighted by atomic mass is 16.7. The SMILES string of the molecule is O=C(O)c1c(C(=O)O)c([N+](=O)[O-])c([N+](=O)[O-])c([N+](=O)[O-])c1[N+](=O)[O-]. The normalized spacial score (nSPS) is 10.0. The Hall–Kier alpha value is -4.24. The van der Waals surface area contributed by atoms with Gasteiger partial charge in [-0.05, 0) is 0 Å². The maximum atomic E-state index is 11.1. The van der Waals surface area contributed by atoms with Crippen LogP contribution in [0.1, 0.15) is 20.7 Å². The van der Waals surface area contributed by atoms with Crippen LogP contribution in [0.2, 0.25) is 0 Å². The smallest absolute Gasteiger partial charge is 0.430 e. The molecule has 1 rings (SSSR count). The van der Waals surface area contributed by atoms with Crippen LogP contribution < -0.4 is 0 Å². The van der Waals surface area contributed by atoms with Crippen molar-refractivity contribution in [3.63, 3.8) is 0 Å². The highest BCUT2D eigenvalue weighted by molar-refractivity contribution is 6.11. The Kier molecular flexibility index (Phi) is 4.35. The summed E-state index contributed by atoms with van der Waals surface area (Å²) in [6.07, 6.45) is 0. The molecular weight excluding hydrogens is 344 g/mol. The van der Waals surface area contributed by atoms with Gasteiger partial charge in [0.05, 0.1) is 19.7 Å². The van der Waals surface area contributed by atoms with E-state index in [4.69, 9.17) is 10.2 Å². The molecule has 0 aliphatic rings. The number of rotatable bonds is 6. The second kappa shape index (κ2) is 5.87. The quantitative estimate of drug-likeness (QED) is 0.533. The summed E-state index contributed by atoms with van der Waals surface area (Å²) in [6.45, 7) is 0. The lowest BCUT2D eigenvalue weighted by atomic mass is 9.99. The topological polar surface area (TPSA) is 247 Å². The predicted octanol–water partition coefficient (Wildman–Crippen LogP) is 0.716. The number of carbonyl (C=O) groups is 2. The van der Waals surface area contributed by atoms with Crippen molar-refractivity contribution < 1.29 is 39.5 Å². The zero-order valence-corrected chi connectivity index (χ0v) is 10.8. The van der Waals surface area contributed by atoms with Crippen LogP contribution in [0, 0.1) is 40.5 Å². The van der Waals surface area contributed by atoms with Crippen LogP contribution in [0.15, 0.2) is 0 Å². The van der Waals surface area contributed by atoms with Gasteiger partial charge in [-0.25, -0.2) is 9.59 Å². The Morgan fingerprint density at radius 3 is 0.917 bits per heavy atom. The Morgan fingerprint density at radius 1 is 0.583 bits per heavy atom. The second-order valence-corrected chi connectivity index (χ2v) is 3.78. The number of carboxylic acid groups (broad SMARTS) is 2. The zero-order valence-electron chi connectivity index (χ0n) is 10.8. The minimum atomic E-state index is -2.43. The molecule has 0 fully saturated rings. The Balaban J connectivity index is 4.50. The van der Waals surface area contributed by atoms with Crippen molar-refractivity contribution in [2.24, 2.45) is 0 Å². The van der Waals surface area contributed by atoms with Gasteiger partial charge in [0.2, 0.25) is 0 Å². The fourth-order valence-electron chi connectivity index (χ4n) is 1.82. The summed E-state index contributed by atoms with van der Waals surface area (Å²) in [5.74, 6) is -4.86. The lowest BCUT2D eigenvalue weighted by Crippen LogP contribution is -2.17. The Labute approximate surface area is 127 Å². The summed E-state index contributed by atoms with van der Waals surface area (Å²) in [7, 11) is 0. The summed E-state index contributed by atoms with van der Waals surface area (Å²) in [6, 6.07) is 0. The van der Waals surface area contributed by atoms with Gasteiger partial charge in [-0.3, -0.25) is 40.5 Å². The van der Waals surface area contributed by atoms with Crippen molar-refractivity contribution in [1.82, 2.24) is 0 Å². The molecule has 0 radical (unpaired) electrons. The summed E-state index contributed by atoms with van der Waals surface area (Å²) in [5.41, 5.74) is -12.2. The van der Waals surface area contributed by atoms with E-state index in [0.29, 0.717) is 0 Å². The van der Waals surface area contributed by atoms with Gasteiger partial charge in [0.15, 0.2) is 11.1 Å². The first-order valence-corrected chi connectivity index (χ1v) is 5.21. The average molecular weight is 346 g/mol. The maximum Gasteiger partial charge on any atom is 0.430 e. The van der Waals surface area contributed by atoms with Crippen LogP contribution in [0.5, 0.6) is 0 Å². The number of hydrogen-bond acceptors (Lipinski definition) is 10. The maximum absolute atomic E-state index is 11.1. The van der Waals surface area contributed by atoms with Gasteiger partial charge in [0.1, 0.15) is 0 Å².